The van der Waals surface area contributed by atoms with Gasteiger partial charge in [-0.15, -0.1) is 0 Å². The number of anilines is 1. The van der Waals surface area contributed by atoms with E-state index in [1.54, 1.807) is 37.5 Å². The molecule has 1 atom stereocenters. The third kappa shape index (κ3) is 4.79. The summed E-state index contributed by atoms with van der Waals surface area (Å²) in [6.45, 7) is 3.33. The number of hydrogen-bond acceptors (Lipinski definition) is 6. The van der Waals surface area contributed by atoms with Gasteiger partial charge in [0.05, 0.1) is 12.8 Å². The number of benzene rings is 1. The molecule has 1 unspecified atom stereocenters. The Bertz CT molecular complexity index is 1060. The number of nitrogens with zero attached hydrogens (tertiary/aromatic N) is 2. The Morgan fingerprint density at radius 1 is 1.19 bits per heavy atom. The van der Waals surface area contributed by atoms with E-state index in [2.05, 4.69) is 20.5 Å². The van der Waals surface area contributed by atoms with Crippen molar-refractivity contribution in [2.45, 2.75) is 32.4 Å². The first-order valence-electron chi connectivity index (χ1n) is 10.5. The molecular formula is C23H26N4O4. The number of aromatic hydroxyl groups is 1. The zero-order valence-electron chi connectivity index (χ0n) is 17.4. The smallest absolute Gasteiger partial charge is 0.242 e. The van der Waals surface area contributed by atoms with Crippen molar-refractivity contribution in [2.24, 2.45) is 5.92 Å². The highest BCUT2D eigenvalue weighted by molar-refractivity contribution is 5.88. The fraction of sp³-hybridized carbons (Fsp3) is 0.348. The molecule has 1 saturated heterocycles. The number of carbonyl (C=O) groups excluding carboxylic acids is 2. The van der Waals surface area contributed by atoms with E-state index in [0.717, 1.165) is 11.2 Å². The van der Waals surface area contributed by atoms with Gasteiger partial charge in [-0.1, -0.05) is 12.1 Å². The predicted molar refractivity (Wildman–Crippen MR) is 117 cm³/mol. The molecule has 2 amide bonds. The molecule has 0 radical (unpaired) electrons. The zero-order valence-corrected chi connectivity index (χ0v) is 17.4. The second-order valence-electron chi connectivity index (χ2n) is 7.81. The lowest BCUT2D eigenvalue weighted by Gasteiger charge is -2.32. The largest absolute Gasteiger partial charge is 0.506 e. The van der Waals surface area contributed by atoms with Crippen molar-refractivity contribution in [3.63, 3.8) is 0 Å². The van der Waals surface area contributed by atoms with Crippen LogP contribution in [0.25, 0.3) is 10.9 Å². The van der Waals surface area contributed by atoms with Crippen LogP contribution in [-0.4, -0.2) is 41.0 Å². The van der Waals surface area contributed by atoms with Crippen molar-refractivity contribution >= 4 is 28.5 Å². The van der Waals surface area contributed by atoms with Gasteiger partial charge in [0.15, 0.2) is 0 Å². The van der Waals surface area contributed by atoms with Gasteiger partial charge in [-0.3, -0.25) is 9.59 Å². The summed E-state index contributed by atoms with van der Waals surface area (Å²) in [5.74, 6) is 1.11. The minimum atomic E-state index is -0.620. The second kappa shape index (κ2) is 9.07. The topological polar surface area (TPSA) is 108 Å². The van der Waals surface area contributed by atoms with Crippen LogP contribution in [0.15, 0.2) is 53.1 Å². The maximum absolute atomic E-state index is 12.6. The number of piperidine rings is 1. The van der Waals surface area contributed by atoms with Crippen LogP contribution >= 0.6 is 0 Å². The van der Waals surface area contributed by atoms with Crippen molar-refractivity contribution in [3.8, 4) is 5.75 Å². The Kier molecular flexibility index (Phi) is 6.06. The Hall–Kier alpha value is -3.55. The normalized spacial score (nSPS) is 15.6. The van der Waals surface area contributed by atoms with Crippen LogP contribution in [0.5, 0.6) is 5.75 Å². The molecule has 0 spiro atoms. The number of pyridine rings is 1. The third-order valence-corrected chi connectivity index (χ3v) is 5.64. The summed E-state index contributed by atoms with van der Waals surface area (Å²) in [5.41, 5.74) is 0.578. The fourth-order valence-electron chi connectivity index (χ4n) is 3.81. The Balaban J connectivity index is 1.28. The van der Waals surface area contributed by atoms with Crippen LogP contribution in [0.3, 0.4) is 0 Å². The predicted octanol–water partition coefficient (Wildman–Crippen LogP) is 2.57. The summed E-state index contributed by atoms with van der Waals surface area (Å²) in [6.07, 6.45) is 2.90. The summed E-state index contributed by atoms with van der Waals surface area (Å²) >= 11 is 0. The quantitative estimate of drug-likeness (QED) is 0.564. The summed E-state index contributed by atoms with van der Waals surface area (Å²) in [5, 5.41) is 16.5. The minimum Gasteiger partial charge on any atom is -0.506 e. The number of phenols is 1. The number of hydrogen-bond donors (Lipinski definition) is 3. The number of nitrogens with one attached hydrogen (secondary N) is 2. The monoisotopic (exact) mass is 422 g/mol. The van der Waals surface area contributed by atoms with Crippen LogP contribution in [0.1, 0.15) is 25.5 Å². The molecule has 1 fully saturated rings. The number of carbonyl (C=O) groups is 2. The van der Waals surface area contributed by atoms with Gasteiger partial charge in [0, 0.05) is 24.4 Å². The van der Waals surface area contributed by atoms with E-state index in [4.69, 9.17) is 4.42 Å². The summed E-state index contributed by atoms with van der Waals surface area (Å²) in [7, 11) is 0. The van der Waals surface area contributed by atoms with E-state index < -0.39 is 6.04 Å². The van der Waals surface area contributed by atoms with Crippen molar-refractivity contribution in [1.82, 2.24) is 15.6 Å². The molecular weight excluding hydrogens is 396 g/mol. The first kappa shape index (κ1) is 20.7. The molecule has 0 aliphatic carbocycles. The molecule has 1 aromatic carbocycles. The van der Waals surface area contributed by atoms with E-state index in [1.165, 1.54) is 0 Å². The van der Waals surface area contributed by atoms with Crippen LogP contribution in [-0.2, 0) is 16.1 Å². The van der Waals surface area contributed by atoms with Crippen LogP contribution < -0.4 is 15.5 Å². The molecule has 8 heteroatoms. The van der Waals surface area contributed by atoms with E-state index in [1.807, 2.05) is 18.2 Å². The summed E-state index contributed by atoms with van der Waals surface area (Å²) < 4.78 is 5.19. The van der Waals surface area contributed by atoms with Gasteiger partial charge >= 0.3 is 0 Å². The highest BCUT2D eigenvalue weighted by atomic mass is 16.3. The average Bonchev–Trinajstić information content (AvgIpc) is 3.31. The van der Waals surface area contributed by atoms with Crippen molar-refractivity contribution in [3.05, 3.63) is 54.5 Å². The van der Waals surface area contributed by atoms with Crippen LogP contribution in [0.4, 0.5) is 5.82 Å². The van der Waals surface area contributed by atoms with Crippen molar-refractivity contribution in [1.29, 1.82) is 0 Å². The number of furan rings is 1. The standard InChI is InChI=1S/C23H26N4O4/c1-15(22(29)24-14-18-5-3-13-31-18)25-23(30)17-9-11-27(12-10-17)20-8-7-16-4-2-6-19(28)21(16)26-20/h2-8,13,15,17,28H,9-12,14H2,1H3,(H,24,29)(H,25,30). The maximum Gasteiger partial charge on any atom is 0.242 e. The molecule has 3 aromatic rings. The van der Waals surface area contributed by atoms with E-state index in [0.29, 0.717) is 43.8 Å². The number of phenolic OH excluding ortho intramolecular Hbond substituents is 1. The first-order valence-corrected chi connectivity index (χ1v) is 10.5. The molecule has 1 aliphatic heterocycles. The molecule has 2 aromatic heterocycles. The summed E-state index contributed by atoms with van der Waals surface area (Å²) in [4.78, 5) is 31.6. The Labute approximate surface area is 180 Å². The van der Waals surface area contributed by atoms with E-state index in [9.17, 15) is 14.7 Å². The number of amides is 2. The molecule has 8 nitrogen and oxygen atoms in total. The van der Waals surface area contributed by atoms with Gasteiger partial charge < -0.3 is 25.1 Å². The van der Waals surface area contributed by atoms with Gasteiger partial charge in [0.2, 0.25) is 11.8 Å². The minimum absolute atomic E-state index is 0.107. The molecule has 3 N–H and O–H groups in total. The van der Waals surface area contributed by atoms with Gasteiger partial charge in [-0.2, -0.15) is 0 Å². The molecule has 31 heavy (non-hydrogen) atoms. The Morgan fingerprint density at radius 2 is 2.00 bits per heavy atom. The highest BCUT2D eigenvalue weighted by Gasteiger charge is 2.27. The summed E-state index contributed by atoms with van der Waals surface area (Å²) in [6, 6.07) is 12.1. The molecule has 4 rings (SSSR count). The lowest BCUT2D eigenvalue weighted by atomic mass is 9.95. The average molecular weight is 422 g/mol. The molecule has 0 saturated carbocycles. The van der Waals surface area contributed by atoms with Gasteiger partial charge in [-0.05, 0) is 50.1 Å². The van der Waals surface area contributed by atoms with Crippen LogP contribution in [0, 0.1) is 5.92 Å². The number of fused-ring (bicyclic) bond motifs is 1. The third-order valence-electron chi connectivity index (χ3n) is 5.64. The molecule has 162 valence electrons. The first-order chi connectivity index (χ1) is 15.0. The molecule has 0 bridgehead atoms. The fourth-order valence-corrected chi connectivity index (χ4v) is 3.81. The number of rotatable bonds is 6. The van der Waals surface area contributed by atoms with Gasteiger partial charge in [-0.25, -0.2) is 4.98 Å². The number of aromatic nitrogens is 1. The lowest BCUT2D eigenvalue weighted by Crippen LogP contribution is -2.48. The van der Waals surface area contributed by atoms with Gasteiger partial charge in [0.1, 0.15) is 28.9 Å². The SMILES string of the molecule is CC(NC(=O)C1CCN(c2ccc3cccc(O)c3n2)CC1)C(=O)NCc1ccco1. The van der Waals surface area contributed by atoms with Crippen LogP contribution in [0.2, 0.25) is 0 Å². The maximum atomic E-state index is 12.6. The van der Waals surface area contributed by atoms with E-state index in [-0.39, 0.29) is 23.5 Å². The molecule has 3 heterocycles. The van der Waals surface area contributed by atoms with E-state index >= 15 is 0 Å². The second-order valence-corrected chi connectivity index (χ2v) is 7.81. The van der Waals surface area contributed by atoms with Gasteiger partial charge in [0.25, 0.3) is 0 Å². The lowest BCUT2D eigenvalue weighted by molar-refractivity contribution is -0.131. The molecule has 1 aliphatic rings. The Morgan fingerprint density at radius 3 is 2.74 bits per heavy atom. The zero-order chi connectivity index (χ0) is 21.8. The number of para-hydroxylation sites is 1. The van der Waals surface area contributed by atoms with Crippen molar-refractivity contribution in [2.75, 3.05) is 18.0 Å². The highest BCUT2D eigenvalue weighted by Crippen LogP contribution is 2.27. The van der Waals surface area contributed by atoms with Crippen molar-refractivity contribution < 1.29 is 19.1 Å².